The number of hydrogen-bond acceptors (Lipinski definition) is 3. The van der Waals surface area contributed by atoms with E-state index >= 15 is 0 Å². The fourth-order valence-electron chi connectivity index (χ4n) is 1.23. The van der Waals surface area contributed by atoms with E-state index in [9.17, 15) is 4.79 Å². The lowest BCUT2D eigenvalue weighted by Gasteiger charge is -2.12. The van der Waals surface area contributed by atoms with Crippen LogP contribution in [0.25, 0.3) is 0 Å². The van der Waals surface area contributed by atoms with Gasteiger partial charge < -0.3 is 15.4 Å². The van der Waals surface area contributed by atoms with E-state index < -0.39 is 0 Å². The molecular formula is C12H15N3O2. The second-order valence-electron chi connectivity index (χ2n) is 3.70. The van der Waals surface area contributed by atoms with E-state index in [1.54, 1.807) is 24.3 Å². The molecule has 0 heterocycles. The summed E-state index contributed by atoms with van der Waals surface area (Å²) in [5.41, 5.74) is 0.542. The molecule has 0 unspecified atom stereocenters. The first-order valence-electron chi connectivity index (χ1n) is 5.29. The Balaban J connectivity index is 2.69. The number of rotatable bonds is 4. The van der Waals surface area contributed by atoms with Gasteiger partial charge in [0.15, 0.2) is 6.61 Å². The molecule has 0 saturated heterocycles. The fourth-order valence-corrected chi connectivity index (χ4v) is 1.23. The Hall–Kier alpha value is -2.22. The van der Waals surface area contributed by atoms with E-state index in [4.69, 9.17) is 10.00 Å². The van der Waals surface area contributed by atoms with Crippen molar-refractivity contribution < 1.29 is 9.53 Å². The van der Waals surface area contributed by atoms with Gasteiger partial charge in [0.25, 0.3) is 0 Å². The van der Waals surface area contributed by atoms with Crippen molar-refractivity contribution in [3.05, 3.63) is 24.3 Å². The molecule has 0 saturated carbocycles. The Kier molecular flexibility index (Phi) is 4.82. The monoisotopic (exact) mass is 233 g/mol. The molecule has 0 bridgehead atoms. The Morgan fingerprint density at radius 3 is 2.82 bits per heavy atom. The lowest BCUT2D eigenvalue weighted by molar-refractivity contribution is 0.250. The molecule has 5 heteroatoms. The van der Waals surface area contributed by atoms with Crippen molar-refractivity contribution in [1.82, 2.24) is 5.32 Å². The van der Waals surface area contributed by atoms with Crippen LogP contribution in [0, 0.1) is 11.3 Å². The summed E-state index contributed by atoms with van der Waals surface area (Å²) >= 11 is 0. The van der Waals surface area contributed by atoms with E-state index in [1.807, 2.05) is 19.9 Å². The molecule has 0 aliphatic heterocycles. The maximum absolute atomic E-state index is 11.5. The van der Waals surface area contributed by atoms with Crippen molar-refractivity contribution >= 4 is 11.7 Å². The average molecular weight is 233 g/mol. The van der Waals surface area contributed by atoms with Crippen LogP contribution in [0.3, 0.4) is 0 Å². The zero-order valence-electron chi connectivity index (χ0n) is 9.86. The lowest BCUT2D eigenvalue weighted by atomic mass is 10.3. The van der Waals surface area contributed by atoms with E-state index in [1.165, 1.54) is 0 Å². The van der Waals surface area contributed by atoms with Crippen LogP contribution < -0.4 is 15.4 Å². The summed E-state index contributed by atoms with van der Waals surface area (Å²) in [4.78, 5) is 11.5. The number of carbonyl (C=O) groups is 1. The number of anilines is 1. The maximum Gasteiger partial charge on any atom is 0.319 e. The summed E-state index contributed by atoms with van der Waals surface area (Å²) in [5, 5.41) is 13.8. The van der Waals surface area contributed by atoms with E-state index in [0.29, 0.717) is 11.4 Å². The van der Waals surface area contributed by atoms with Gasteiger partial charge in [-0.25, -0.2) is 4.79 Å². The first kappa shape index (κ1) is 12.8. The highest BCUT2D eigenvalue weighted by Gasteiger charge is 2.07. The number of nitrogens with zero attached hydrogens (tertiary/aromatic N) is 1. The largest absolute Gasteiger partial charge is 0.477 e. The average Bonchev–Trinajstić information content (AvgIpc) is 2.26. The Bertz CT molecular complexity index is 424. The van der Waals surface area contributed by atoms with E-state index in [0.717, 1.165) is 0 Å². The van der Waals surface area contributed by atoms with Crippen LogP contribution in [0.2, 0.25) is 0 Å². The second kappa shape index (κ2) is 6.38. The van der Waals surface area contributed by atoms with Gasteiger partial charge in [0.2, 0.25) is 0 Å². The van der Waals surface area contributed by atoms with Crippen LogP contribution in [-0.4, -0.2) is 18.7 Å². The molecule has 0 spiro atoms. The Labute approximate surface area is 100 Å². The first-order chi connectivity index (χ1) is 8.13. The number of amides is 2. The summed E-state index contributed by atoms with van der Waals surface area (Å²) in [6, 6.07) is 8.61. The zero-order valence-corrected chi connectivity index (χ0v) is 9.86. The standard InChI is InChI=1S/C12H15N3O2/c1-9(2)14-12(16)15-10-5-3-4-6-11(10)17-8-7-13/h3-6,9H,8H2,1-2H3,(H2,14,15,16). The number of benzene rings is 1. The molecule has 90 valence electrons. The summed E-state index contributed by atoms with van der Waals surface area (Å²) in [6.45, 7) is 3.69. The molecule has 0 aliphatic rings. The smallest absolute Gasteiger partial charge is 0.319 e. The Morgan fingerprint density at radius 1 is 1.47 bits per heavy atom. The number of ether oxygens (including phenoxy) is 1. The van der Waals surface area contributed by atoms with Crippen molar-refractivity contribution in [2.24, 2.45) is 0 Å². The molecule has 5 nitrogen and oxygen atoms in total. The van der Waals surface area contributed by atoms with Gasteiger partial charge in [-0.05, 0) is 26.0 Å². The topological polar surface area (TPSA) is 74.2 Å². The highest BCUT2D eigenvalue weighted by molar-refractivity contribution is 5.91. The van der Waals surface area contributed by atoms with Crippen molar-refractivity contribution in [2.75, 3.05) is 11.9 Å². The highest BCUT2D eigenvalue weighted by Crippen LogP contribution is 2.23. The summed E-state index contributed by atoms with van der Waals surface area (Å²) in [6.07, 6.45) is 0. The maximum atomic E-state index is 11.5. The van der Waals surface area contributed by atoms with Crippen molar-refractivity contribution in [2.45, 2.75) is 19.9 Å². The van der Waals surface area contributed by atoms with E-state index in [2.05, 4.69) is 10.6 Å². The summed E-state index contributed by atoms with van der Waals surface area (Å²) < 4.78 is 5.19. The van der Waals surface area contributed by atoms with Crippen LogP contribution in [0.15, 0.2) is 24.3 Å². The summed E-state index contributed by atoms with van der Waals surface area (Å²) in [5.74, 6) is 0.480. The molecule has 0 atom stereocenters. The van der Waals surface area contributed by atoms with Gasteiger partial charge in [-0.15, -0.1) is 0 Å². The molecule has 1 aromatic rings. The van der Waals surface area contributed by atoms with Crippen LogP contribution in [0.1, 0.15) is 13.8 Å². The molecule has 17 heavy (non-hydrogen) atoms. The predicted molar refractivity (Wildman–Crippen MR) is 64.8 cm³/mol. The van der Waals surface area contributed by atoms with Gasteiger partial charge in [-0.1, -0.05) is 12.1 Å². The number of nitriles is 1. The van der Waals surface area contributed by atoms with Crippen LogP contribution in [-0.2, 0) is 0 Å². The number of urea groups is 1. The molecular weight excluding hydrogens is 218 g/mol. The molecule has 0 fully saturated rings. The minimum atomic E-state index is -0.298. The normalized spacial score (nSPS) is 9.53. The molecule has 0 radical (unpaired) electrons. The van der Waals surface area contributed by atoms with Crippen molar-refractivity contribution in [3.63, 3.8) is 0 Å². The number of nitrogens with one attached hydrogen (secondary N) is 2. The number of para-hydroxylation sites is 2. The molecule has 2 amide bonds. The minimum Gasteiger partial charge on any atom is -0.477 e. The van der Waals surface area contributed by atoms with Crippen molar-refractivity contribution in [1.29, 1.82) is 5.26 Å². The fraction of sp³-hybridized carbons (Fsp3) is 0.333. The Morgan fingerprint density at radius 2 is 2.18 bits per heavy atom. The quantitative estimate of drug-likeness (QED) is 0.836. The molecule has 2 N–H and O–H groups in total. The lowest BCUT2D eigenvalue weighted by Crippen LogP contribution is -2.34. The van der Waals surface area contributed by atoms with Gasteiger partial charge in [0.1, 0.15) is 11.8 Å². The number of carbonyl (C=O) groups excluding carboxylic acids is 1. The van der Waals surface area contributed by atoms with Crippen molar-refractivity contribution in [3.8, 4) is 11.8 Å². The highest BCUT2D eigenvalue weighted by atomic mass is 16.5. The second-order valence-corrected chi connectivity index (χ2v) is 3.70. The van der Waals surface area contributed by atoms with Gasteiger partial charge in [-0.2, -0.15) is 5.26 Å². The third-order valence-corrected chi connectivity index (χ3v) is 1.85. The van der Waals surface area contributed by atoms with Gasteiger partial charge in [-0.3, -0.25) is 0 Å². The van der Waals surface area contributed by atoms with E-state index in [-0.39, 0.29) is 18.7 Å². The SMILES string of the molecule is CC(C)NC(=O)Nc1ccccc1OCC#N. The minimum absolute atomic E-state index is 0.0511. The number of hydrogen-bond donors (Lipinski definition) is 2. The van der Waals surface area contributed by atoms with Gasteiger partial charge in [0.05, 0.1) is 5.69 Å². The third kappa shape index (κ3) is 4.43. The molecule has 1 rings (SSSR count). The summed E-state index contributed by atoms with van der Waals surface area (Å²) in [7, 11) is 0. The van der Waals surface area contributed by atoms with Crippen LogP contribution in [0.4, 0.5) is 10.5 Å². The molecule has 0 aliphatic carbocycles. The zero-order chi connectivity index (χ0) is 12.7. The molecule has 1 aromatic carbocycles. The predicted octanol–water partition coefficient (Wildman–Crippen LogP) is 2.12. The van der Waals surface area contributed by atoms with Gasteiger partial charge in [0, 0.05) is 6.04 Å². The third-order valence-electron chi connectivity index (χ3n) is 1.85. The van der Waals surface area contributed by atoms with Crippen LogP contribution >= 0.6 is 0 Å². The van der Waals surface area contributed by atoms with Gasteiger partial charge >= 0.3 is 6.03 Å². The first-order valence-corrected chi connectivity index (χ1v) is 5.29. The molecule has 0 aromatic heterocycles. The van der Waals surface area contributed by atoms with Crippen LogP contribution in [0.5, 0.6) is 5.75 Å².